The monoisotopic (exact) mass is 218 g/mol. The molecule has 2 N–H and O–H groups in total. The Morgan fingerprint density at radius 1 is 1.38 bits per heavy atom. The Labute approximate surface area is 92.3 Å². The fraction of sp³-hybridized carbons (Fsp3) is 0.0833. The van der Waals surface area contributed by atoms with Crippen LogP contribution in [0.5, 0.6) is 0 Å². The molecule has 0 saturated heterocycles. The topological polar surface area (TPSA) is 48.0 Å². The van der Waals surface area contributed by atoms with Gasteiger partial charge in [-0.15, -0.1) is 0 Å². The molecule has 0 aliphatic carbocycles. The van der Waals surface area contributed by atoms with Crippen molar-refractivity contribution in [2.45, 2.75) is 0 Å². The zero-order chi connectivity index (χ0) is 11.7. The van der Waals surface area contributed by atoms with Crippen molar-refractivity contribution in [3.8, 4) is 11.3 Å². The Balaban J connectivity index is 2.57. The summed E-state index contributed by atoms with van der Waals surface area (Å²) in [5.41, 5.74) is 6.63. The lowest BCUT2D eigenvalue weighted by atomic mass is 10.1. The second kappa shape index (κ2) is 3.81. The van der Waals surface area contributed by atoms with Gasteiger partial charge in [-0.05, 0) is 18.2 Å². The van der Waals surface area contributed by atoms with Crippen LogP contribution in [-0.4, -0.2) is 10.5 Å². The molecular formula is C12H11FN2O. The van der Waals surface area contributed by atoms with Crippen LogP contribution in [0.1, 0.15) is 10.4 Å². The Morgan fingerprint density at radius 2 is 2.06 bits per heavy atom. The summed E-state index contributed by atoms with van der Waals surface area (Å²) in [5.74, 6) is -0.835. The number of amides is 1. The molecule has 0 unspecified atom stereocenters. The van der Waals surface area contributed by atoms with Crippen LogP contribution in [0.3, 0.4) is 0 Å². The van der Waals surface area contributed by atoms with Gasteiger partial charge in [0.15, 0.2) is 0 Å². The SMILES string of the molecule is Cn1cc(C(N)=O)cc1-c1ccccc1F. The van der Waals surface area contributed by atoms with Crippen LogP contribution in [0, 0.1) is 5.82 Å². The van der Waals surface area contributed by atoms with Crippen LogP contribution in [0.15, 0.2) is 36.5 Å². The number of benzene rings is 1. The molecule has 0 aliphatic heterocycles. The molecule has 1 amide bonds. The summed E-state index contributed by atoms with van der Waals surface area (Å²) < 4.78 is 15.2. The zero-order valence-electron chi connectivity index (χ0n) is 8.77. The van der Waals surface area contributed by atoms with Gasteiger partial charge in [-0.2, -0.15) is 0 Å². The van der Waals surface area contributed by atoms with Gasteiger partial charge < -0.3 is 10.3 Å². The molecule has 82 valence electrons. The van der Waals surface area contributed by atoms with E-state index < -0.39 is 5.91 Å². The first-order valence-electron chi connectivity index (χ1n) is 4.80. The van der Waals surface area contributed by atoms with E-state index in [0.29, 0.717) is 16.8 Å². The van der Waals surface area contributed by atoms with Crippen LogP contribution >= 0.6 is 0 Å². The van der Waals surface area contributed by atoms with Crippen molar-refractivity contribution in [3.05, 3.63) is 47.9 Å². The van der Waals surface area contributed by atoms with E-state index in [-0.39, 0.29) is 5.82 Å². The zero-order valence-corrected chi connectivity index (χ0v) is 8.77. The third kappa shape index (κ3) is 1.69. The molecule has 0 fully saturated rings. The number of carbonyl (C=O) groups excluding carboxylic acids is 1. The molecule has 16 heavy (non-hydrogen) atoms. The van der Waals surface area contributed by atoms with Crippen molar-refractivity contribution < 1.29 is 9.18 Å². The molecule has 0 radical (unpaired) electrons. The average molecular weight is 218 g/mol. The van der Waals surface area contributed by atoms with E-state index in [2.05, 4.69) is 0 Å². The fourth-order valence-electron chi connectivity index (χ4n) is 1.64. The third-order valence-electron chi connectivity index (χ3n) is 2.44. The summed E-state index contributed by atoms with van der Waals surface area (Å²) in [4.78, 5) is 11.0. The van der Waals surface area contributed by atoms with Crippen LogP contribution in [0.4, 0.5) is 4.39 Å². The number of hydrogen-bond acceptors (Lipinski definition) is 1. The number of carbonyl (C=O) groups is 1. The Kier molecular flexibility index (Phi) is 2.48. The van der Waals surface area contributed by atoms with Gasteiger partial charge in [-0.25, -0.2) is 4.39 Å². The van der Waals surface area contributed by atoms with Gasteiger partial charge in [-0.1, -0.05) is 12.1 Å². The van der Waals surface area contributed by atoms with Crippen LogP contribution in [-0.2, 0) is 7.05 Å². The number of halogens is 1. The van der Waals surface area contributed by atoms with Crippen molar-refractivity contribution in [3.63, 3.8) is 0 Å². The Morgan fingerprint density at radius 3 is 2.62 bits per heavy atom. The van der Waals surface area contributed by atoms with Crippen LogP contribution < -0.4 is 5.73 Å². The van der Waals surface area contributed by atoms with Gasteiger partial charge in [0.25, 0.3) is 0 Å². The van der Waals surface area contributed by atoms with Crippen molar-refractivity contribution in [1.29, 1.82) is 0 Å². The summed E-state index contributed by atoms with van der Waals surface area (Å²) in [6.07, 6.45) is 1.59. The molecule has 3 nitrogen and oxygen atoms in total. The minimum absolute atomic E-state index is 0.320. The minimum atomic E-state index is -0.516. The number of aromatic nitrogens is 1. The average Bonchev–Trinajstić information content (AvgIpc) is 2.61. The highest BCUT2D eigenvalue weighted by atomic mass is 19.1. The maximum absolute atomic E-state index is 13.5. The lowest BCUT2D eigenvalue weighted by Gasteiger charge is -2.03. The molecule has 2 aromatic rings. The molecule has 1 aromatic carbocycles. The predicted molar refractivity (Wildman–Crippen MR) is 59.3 cm³/mol. The van der Waals surface area contributed by atoms with Gasteiger partial charge >= 0.3 is 0 Å². The maximum atomic E-state index is 13.5. The molecule has 4 heteroatoms. The fourth-order valence-corrected chi connectivity index (χ4v) is 1.64. The van der Waals surface area contributed by atoms with E-state index >= 15 is 0 Å². The highest BCUT2D eigenvalue weighted by Crippen LogP contribution is 2.23. The van der Waals surface area contributed by atoms with Gasteiger partial charge in [0.2, 0.25) is 5.91 Å². The molecule has 0 aliphatic rings. The summed E-state index contributed by atoms with van der Waals surface area (Å²) in [6, 6.07) is 7.99. The smallest absolute Gasteiger partial charge is 0.250 e. The first kappa shape index (κ1) is 10.4. The van der Waals surface area contributed by atoms with Gasteiger partial charge in [0.05, 0.1) is 11.3 Å². The predicted octanol–water partition coefficient (Wildman–Crippen LogP) is 1.93. The second-order valence-electron chi connectivity index (χ2n) is 3.57. The molecular weight excluding hydrogens is 207 g/mol. The second-order valence-corrected chi connectivity index (χ2v) is 3.57. The number of nitrogens with two attached hydrogens (primary N) is 1. The summed E-state index contributed by atoms with van der Waals surface area (Å²) in [5, 5.41) is 0. The molecule has 0 atom stereocenters. The maximum Gasteiger partial charge on any atom is 0.250 e. The van der Waals surface area contributed by atoms with Crippen LogP contribution in [0.25, 0.3) is 11.3 Å². The van der Waals surface area contributed by atoms with Gasteiger partial charge in [0.1, 0.15) is 5.82 Å². The van der Waals surface area contributed by atoms with E-state index in [4.69, 9.17) is 5.73 Å². The molecule has 0 spiro atoms. The van der Waals surface area contributed by atoms with E-state index in [0.717, 1.165) is 0 Å². The van der Waals surface area contributed by atoms with E-state index in [1.54, 1.807) is 42.1 Å². The van der Waals surface area contributed by atoms with E-state index in [1.807, 2.05) is 0 Å². The molecule has 2 rings (SSSR count). The van der Waals surface area contributed by atoms with Crippen molar-refractivity contribution in [1.82, 2.24) is 4.57 Å². The highest BCUT2D eigenvalue weighted by Gasteiger charge is 2.11. The molecule has 0 bridgehead atoms. The number of rotatable bonds is 2. The number of aryl methyl sites for hydroxylation is 1. The summed E-state index contributed by atoms with van der Waals surface area (Å²) >= 11 is 0. The minimum Gasteiger partial charge on any atom is -0.366 e. The highest BCUT2D eigenvalue weighted by molar-refractivity contribution is 5.94. The summed E-state index contributed by atoms with van der Waals surface area (Å²) in [7, 11) is 1.74. The number of hydrogen-bond donors (Lipinski definition) is 1. The first-order chi connectivity index (χ1) is 7.59. The van der Waals surface area contributed by atoms with E-state index in [9.17, 15) is 9.18 Å². The number of primary amides is 1. The van der Waals surface area contributed by atoms with Crippen molar-refractivity contribution >= 4 is 5.91 Å². The molecule has 0 saturated carbocycles. The van der Waals surface area contributed by atoms with Crippen molar-refractivity contribution in [2.75, 3.05) is 0 Å². The third-order valence-corrected chi connectivity index (χ3v) is 2.44. The van der Waals surface area contributed by atoms with Gasteiger partial charge in [-0.3, -0.25) is 4.79 Å². The quantitative estimate of drug-likeness (QED) is 0.822. The van der Waals surface area contributed by atoms with Crippen LogP contribution in [0.2, 0.25) is 0 Å². The van der Waals surface area contributed by atoms with Crippen molar-refractivity contribution in [2.24, 2.45) is 12.8 Å². The normalized spacial score (nSPS) is 10.4. The van der Waals surface area contributed by atoms with Gasteiger partial charge in [0, 0.05) is 18.8 Å². The Hall–Kier alpha value is -2.10. The molecule has 1 aromatic heterocycles. The number of nitrogens with zero attached hydrogens (tertiary/aromatic N) is 1. The standard InChI is InChI=1S/C12H11FN2O/c1-15-7-8(12(14)16)6-11(15)9-4-2-3-5-10(9)13/h2-7H,1H3,(H2,14,16). The lowest BCUT2D eigenvalue weighted by Crippen LogP contribution is -2.09. The Bertz CT molecular complexity index is 546. The largest absolute Gasteiger partial charge is 0.366 e. The summed E-state index contributed by atoms with van der Waals surface area (Å²) in [6.45, 7) is 0. The lowest BCUT2D eigenvalue weighted by molar-refractivity contribution is 0.100. The van der Waals surface area contributed by atoms with E-state index in [1.165, 1.54) is 6.07 Å². The first-order valence-corrected chi connectivity index (χ1v) is 4.80. The molecule has 1 heterocycles.